The zero-order valence-electron chi connectivity index (χ0n) is 17.1. The van der Waals surface area contributed by atoms with Crippen molar-refractivity contribution >= 4 is 23.2 Å². The van der Waals surface area contributed by atoms with Crippen LogP contribution in [0.2, 0.25) is 0 Å². The first-order chi connectivity index (χ1) is 13.9. The maximum Gasteiger partial charge on any atom is 0.242 e. The van der Waals surface area contributed by atoms with E-state index >= 15 is 0 Å². The molecule has 0 saturated heterocycles. The molecule has 0 radical (unpaired) electrons. The SMILES string of the molecule is CCN(CC(=O)N1CCc2sccc2[C@H]1COc1cccc(F)c1)C(=O)C(C)C. The van der Waals surface area contributed by atoms with Crippen LogP contribution in [0.4, 0.5) is 4.39 Å². The number of halogens is 1. The lowest BCUT2D eigenvalue weighted by molar-refractivity contribution is -0.144. The van der Waals surface area contributed by atoms with E-state index in [2.05, 4.69) is 0 Å². The van der Waals surface area contributed by atoms with Crippen LogP contribution < -0.4 is 4.74 Å². The Morgan fingerprint density at radius 1 is 1.34 bits per heavy atom. The van der Waals surface area contributed by atoms with Crippen molar-refractivity contribution in [3.05, 3.63) is 52.0 Å². The molecule has 2 amide bonds. The quantitative estimate of drug-likeness (QED) is 0.685. The third-order valence-corrected chi connectivity index (χ3v) is 6.13. The second-order valence-electron chi connectivity index (χ2n) is 7.43. The molecule has 29 heavy (non-hydrogen) atoms. The maximum atomic E-state index is 13.5. The average Bonchev–Trinajstić information content (AvgIpc) is 3.18. The van der Waals surface area contributed by atoms with Gasteiger partial charge in [-0.1, -0.05) is 19.9 Å². The van der Waals surface area contributed by atoms with Crippen molar-refractivity contribution in [1.82, 2.24) is 9.80 Å². The largest absolute Gasteiger partial charge is 0.491 e. The lowest BCUT2D eigenvalue weighted by atomic mass is 10.0. The highest BCUT2D eigenvalue weighted by Gasteiger charge is 2.33. The minimum atomic E-state index is -0.360. The van der Waals surface area contributed by atoms with Gasteiger partial charge in [0, 0.05) is 30.0 Å². The number of carbonyl (C=O) groups is 2. The van der Waals surface area contributed by atoms with E-state index in [1.165, 1.54) is 17.0 Å². The van der Waals surface area contributed by atoms with Gasteiger partial charge in [0.15, 0.2) is 0 Å². The third kappa shape index (κ3) is 4.96. The van der Waals surface area contributed by atoms with Gasteiger partial charge in [-0.15, -0.1) is 11.3 Å². The van der Waals surface area contributed by atoms with Gasteiger partial charge in [0.1, 0.15) is 18.2 Å². The van der Waals surface area contributed by atoms with Crippen LogP contribution in [0.3, 0.4) is 0 Å². The standard InChI is InChI=1S/C22H27FN2O3S/c1-4-24(22(27)15(2)3)13-21(26)25-10-8-20-18(9-11-29-20)19(25)14-28-17-7-5-6-16(23)12-17/h5-7,9,11-12,15,19H,4,8,10,13-14H2,1-3H3/t19-/m1/s1. The summed E-state index contributed by atoms with van der Waals surface area (Å²) in [6.45, 7) is 6.92. The summed E-state index contributed by atoms with van der Waals surface area (Å²) in [5, 5.41) is 2.02. The topological polar surface area (TPSA) is 49.9 Å². The molecule has 0 unspecified atom stereocenters. The van der Waals surface area contributed by atoms with Crippen LogP contribution in [0.15, 0.2) is 35.7 Å². The molecular weight excluding hydrogens is 391 g/mol. The van der Waals surface area contributed by atoms with Gasteiger partial charge in [-0.2, -0.15) is 0 Å². The number of fused-ring (bicyclic) bond motifs is 1. The molecule has 0 spiro atoms. The number of thiophene rings is 1. The van der Waals surface area contributed by atoms with Gasteiger partial charge < -0.3 is 14.5 Å². The van der Waals surface area contributed by atoms with E-state index in [9.17, 15) is 14.0 Å². The van der Waals surface area contributed by atoms with Gasteiger partial charge in [-0.3, -0.25) is 9.59 Å². The molecule has 0 N–H and O–H groups in total. The summed E-state index contributed by atoms with van der Waals surface area (Å²) < 4.78 is 19.3. The summed E-state index contributed by atoms with van der Waals surface area (Å²) in [6, 6.07) is 7.77. The molecule has 0 bridgehead atoms. The first kappa shape index (κ1) is 21.3. The predicted octanol–water partition coefficient (Wildman–Crippen LogP) is 3.90. The van der Waals surface area contributed by atoms with Crippen LogP contribution >= 0.6 is 11.3 Å². The molecule has 0 saturated carbocycles. The maximum absolute atomic E-state index is 13.5. The molecule has 1 atom stereocenters. The normalized spacial score (nSPS) is 15.9. The van der Waals surface area contributed by atoms with Crippen LogP contribution in [0.5, 0.6) is 5.75 Å². The molecular formula is C22H27FN2O3S. The summed E-state index contributed by atoms with van der Waals surface area (Å²) in [5.41, 5.74) is 1.07. The monoisotopic (exact) mass is 418 g/mol. The van der Waals surface area contributed by atoms with Gasteiger partial charge >= 0.3 is 0 Å². The van der Waals surface area contributed by atoms with E-state index < -0.39 is 0 Å². The minimum absolute atomic E-state index is 0.0263. The summed E-state index contributed by atoms with van der Waals surface area (Å²) in [6.07, 6.45) is 0.791. The highest BCUT2D eigenvalue weighted by molar-refractivity contribution is 7.10. The van der Waals surface area contributed by atoms with Gasteiger partial charge in [-0.25, -0.2) is 4.39 Å². The number of hydrogen-bond acceptors (Lipinski definition) is 4. The van der Waals surface area contributed by atoms with Crippen LogP contribution in [0, 0.1) is 11.7 Å². The molecule has 156 valence electrons. The first-order valence-corrected chi connectivity index (χ1v) is 10.8. The predicted molar refractivity (Wildman–Crippen MR) is 111 cm³/mol. The van der Waals surface area contributed by atoms with E-state index in [1.54, 1.807) is 33.3 Å². The van der Waals surface area contributed by atoms with Crippen molar-refractivity contribution in [3.8, 4) is 5.75 Å². The Kier molecular flexibility index (Phi) is 6.90. The first-order valence-electron chi connectivity index (χ1n) is 9.93. The summed E-state index contributed by atoms with van der Waals surface area (Å²) in [4.78, 5) is 30.1. The van der Waals surface area contributed by atoms with Crippen LogP contribution in [0.25, 0.3) is 0 Å². The van der Waals surface area contributed by atoms with Crippen molar-refractivity contribution in [2.24, 2.45) is 5.92 Å². The Hall–Kier alpha value is -2.41. The van der Waals surface area contributed by atoms with Crippen molar-refractivity contribution in [3.63, 3.8) is 0 Å². The molecule has 0 aliphatic carbocycles. The van der Waals surface area contributed by atoms with Gasteiger partial charge in [0.2, 0.25) is 11.8 Å². The Morgan fingerprint density at radius 3 is 2.83 bits per heavy atom. The number of likely N-dealkylation sites (N-methyl/N-ethyl adjacent to an activating group) is 1. The van der Waals surface area contributed by atoms with E-state index in [1.807, 2.05) is 32.2 Å². The number of benzene rings is 1. The molecule has 1 aromatic heterocycles. The molecule has 1 aliphatic heterocycles. The molecule has 0 fully saturated rings. The summed E-state index contributed by atoms with van der Waals surface area (Å²) in [5.74, 6) is -0.196. The Morgan fingerprint density at radius 2 is 2.14 bits per heavy atom. The smallest absolute Gasteiger partial charge is 0.242 e. The molecule has 2 heterocycles. The van der Waals surface area contributed by atoms with Crippen molar-refractivity contribution in [2.45, 2.75) is 33.2 Å². The van der Waals surface area contributed by atoms with Crippen molar-refractivity contribution in [2.75, 3.05) is 26.2 Å². The summed E-state index contributed by atoms with van der Waals surface area (Å²) >= 11 is 1.68. The number of hydrogen-bond donors (Lipinski definition) is 0. The van der Waals surface area contributed by atoms with Gasteiger partial charge in [0.25, 0.3) is 0 Å². The number of ether oxygens (including phenoxy) is 1. The van der Waals surface area contributed by atoms with E-state index in [0.29, 0.717) is 18.8 Å². The van der Waals surface area contributed by atoms with E-state index in [0.717, 1.165) is 12.0 Å². The molecule has 5 nitrogen and oxygen atoms in total. The Labute approximate surface area is 175 Å². The fraction of sp³-hybridized carbons (Fsp3) is 0.455. The highest BCUT2D eigenvalue weighted by Crippen LogP contribution is 2.34. The van der Waals surface area contributed by atoms with Crippen molar-refractivity contribution < 1.29 is 18.7 Å². The Bertz CT molecular complexity index is 867. The van der Waals surface area contributed by atoms with Crippen molar-refractivity contribution in [1.29, 1.82) is 0 Å². The molecule has 7 heteroatoms. The molecule has 3 rings (SSSR count). The Balaban J connectivity index is 1.77. The minimum Gasteiger partial charge on any atom is -0.491 e. The number of nitrogens with zero attached hydrogens (tertiary/aromatic N) is 2. The highest BCUT2D eigenvalue weighted by atomic mass is 32.1. The zero-order valence-corrected chi connectivity index (χ0v) is 17.9. The lowest BCUT2D eigenvalue weighted by Crippen LogP contribution is -2.48. The molecule has 2 aromatic rings. The van der Waals surface area contributed by atoms with E-state index in [-0.39, 0.29) is 42.7 Å². The fourth-order valence-corrected chi connectivity index (χ4v) is 4.50. The zero-order chi connectivity index (χ0) is 21.0. The molecule has 1 aromatic carbocycles. The lowest BCUT2D eigenvalue weighted by Gasteiger charge is -2.37. The van der Waals surface area contributed by atoms with Crippen LogP contribution in [-0.2, 0) is 16.0 Å². The van der Waals surface area contributed by atoms with Crippen LogP contribution in [-0.4, -0.2) is 47.9 Å². The van der Waals surface area contributed by atoms with E-state index in [4.69, 9.17) is 4.74 Å². The average molecular weight is 419 g/mol. The van der Waals surface area contributed by atoms with Crippen LogP contribution in [0.1, 0.15) is 37.3 Å². The number of amides is 2. The third-order valence-electron chi connectivity index (χ3n) is 5.13. The van der Waals surface area contributed by atoms with Gasteiger partial charge in [0.05, 0.1) is 12.6 Å². The summed E-state index contributed by atoms with van der Waals surface area (Å²) in [7, 11) is 0. The second kappa shape index (κ2) is 9.39. The second-order valence-corrected chi connectivity index (χ2v) is 8.43. The van der Waals surface area contributed by atoms with Gasteiger partial charge in [-0.05, 0) is 42.5 Å². The number of rotatable bonds is 7. The fourth-order valence-electron chi connectivity index (χ4n) is 3.57. The number of carbonyl (C=O) groups excluding carboxylic acids is 2. The molecule has 1 aliphatic rings.